The molecule has 0 aliphatic rings. The molecule has 0 heterocycles. The lowest BCUT2D eigenvalue weighted by molar-refractivity contribution is -0.142. The lowest BCUT2D eigenvalue weighted by atomic mass is 9.94. The molecule has 124 valence electrons. The van der Waals surface area contributed by atoms with Crippen LogP contribution in [0.5, 0.6) is 0 Å². The molecular weight excluding hydrogens is 331 g/mol. The number of carbonyl (C=O) groups excluding carboxylic acids is 2. The number of hydrogen-bond donors (Lipinski definition) is 0. The van der Waals surface area contributed by atoms with Gasteiger partial charge in [-0.2, -0.15) is 13.2 Å². The first-order valence-electron chi connectivity index (χ1n) is 6.46. The fourth-order valence-corrected chi connectivity index (χ4v) is 2.21. The molecule has 1 unspecified atom stereocenters. The van der Waals surface area contributed by atoms with E-state index in [0.29, 0.717) is 0 Å². The molecule has 0 saturated heterocycles. The van der Waals surface area contributed by atoms with Gasteiger partial charge in [0.25, 0.3) is 5.54 Å². The molecular formula is C15H14F3NO3S. The highest BCUT2D eigenvalue weighted by molar-refractivity contribution is 8.00. The molecule has 0 radical (unpaired) electrons. The Bertz CT molecular complexity index is 622. The summed E-state index contributed by atoms with van der Waals surface area (Å²) in [6.07, 6.45) is -0.199. The van der Waals surface area contributed by atoms with E-state index in [1.807, 2.05) is 0 Å². The van der Waals surface area contributed by atoms with E-state index in [9.17, 15) is 22.8 Å². The van der Waals surface area contributed by atoms with Crippen molar-refractivity contribution in [2.45, 2.75) is 36.2 Å². The summed E-state index contributed by atoms with van der Waals surface area (Å²) in [5, 5.41) is 0. The van der Waals surface area contributed by atoms with E-state index < -0.39 is 22.8 Å². The normalized spacial score (nSPS) is 13.7. The van der Waals surface area contributed by atoms with Gasteiger partial charge in [0.15, 0.2) is 12.4 Å². The van der Waals surface area contributed by atoms with Gasteiger partial charge in [0.2, 0.25) is 0 Å². The molecule has 1 aromatic rings. The highest BCUT2D eigenvalue weighted by atomic mass is 32.2. The lowest BCUT2D eigenvalue weighted by Crippen LogP contribution is -2.31. The lowest BCUT2D eigenvalue weighted by Gasteiger charge is -2.16. The predicted molar refractivity (Wildman–Crippen MR) is 78.9 cm³/mol. The van der Waals surface area contributed by atoms with Gasteiger partial charge in [0, 0.05) is 24.3 Å². The average Bonchev–Trinajstić information content (AvgIpc) is 2.44. The second-order valence-electron chi connectivity index (χ2n) is 5.06. The van der Waals surface area contributed by atoms with Crippen LogP contribution >= 0.6 is 11.8 Å². The first kappa shape index (κ1) is 19.0. The standard InChI is InChI=1S/C15H14F3NO3S/c1-10(20)22-9-14(2,19-3)8-13(21)11-4-6-12(7-5-11)23-15(16,17)18/h4-7H,8-9H2,1-2H3. The Labute approximate surface area is 135 Å². The van der Waals surface area contributed by atoms with Crippen LogP contribution in [0.15, 0.2) is 29.2 Å². The number of esters is 1. The first-order valence-corrected chi connectivity index (χ1v) is 7.27. The molecule has 0 bridgehead atoms. The number of halogens is 3. The molecule has 0 spiro atoms. The van der Waals surface area contributed by atoms with E-state index >= 15 is 0 Å². The van der Waals surface area contributed by atoms with Gasteiger partial charge >= 0.3 is 11.5 Å². The average molecular weight is 345 g/mol. The number of rotatable bonds is 6. The van der Waals surface area contributed by atoms with Crippen LogP contribution < -0.4 is 0 Å². The van der Waals surface area contributed by atoms with Crippen LogP contribution in [-0.2, 0) is 9.53 Å². The molecule has 1 rings (SSSR count). The molecule has 1 aromatic carbocycles. The quantitative estimate of drug-likeness (QED) is 0.337. The van der Waals surface area contributed by atoms with E-state index in [2.05, 4.69) is 4.85 Å². The van der Waals surface area contributed by atoms with Crippen LogP contribution in [0.4, 0.5) is 13.2 Å². The fraction of sp³-hybridized carbons (Fsp3) is 0.400. The van der Waals surface area contributed by atoms with E-state index in [0.717, 1.165) is 0 Å². The molecule has 0 fully saturated rings. The van der Waals surface area contributed by atoms with Crippen molar-refractivity contribution in [3.8, 4) is 0 Å². The number of alkyl halides is 3. The zero-order valence-electron chi connectivity index (χ0n) is 12.4. The van der Waals surface area contributed by atoms with Crippen LogP contribution in [0.3, 0.4) is 0 Å². The molecule has 0 N–H and O–H groups in total. The number of ketones is 1. The van der Waals surface area contributed by atoms with Gasteiger partial charge < -0.3 is 9.58 Å². The third-order valence-corrected chi connectivity index (χ3v) is 3.55. The van der Waals surface area contributed by atoms with E-state index in [4.69, 9.17) is 11.3 Å². The Hall–Kier alpha value is -2.01. The zero-order valence-corrected chi connectivity index (χ0v) is 13.3. The maximum absolute atomic E-state index is 12.2. The van der Waals surface area contributed by atoms with Gasteiger partial charge in [0.1, 0.15) is 0 Å². The van der Waals surface area contributed by atoms with Gasteiger partial charge in [-0.25, -0.2) is 6.57 Å². The number of Topliss-reactive ketones (excluding diaryl/α,β-unsaturated/α-hetero) is 1. The number of benzene rings is 1. The number of ether oxygens (including phenoxy) is 1. The number of hydrogen-bond acceptors (Lipinski definition) is 4. The van der Waals surface area contributed by atoms with Gasteiger partial charge in [0.05, 0.1) is 6.42 Å². The monoisotopic (exact) mass is 345 g/mol. The van der Waals surface area contributed by atoms with Crippen molar-refractivity contribution in [3.63, 3.8) is 0 Å². The second kappa shape index (κ2) is 7.51. The first-order chi connectivity index (χ1) is 10.5. The summed E-state index contributed by atoms with van der Waals surface area (Å²) in [7, 11) is 0. The zero-order chi connectivity index (χ0) is 17.7. The van der Waals surface area contributed by atoms with E-state index in [1.165, 1.54) is 38.1 Å². The molecule has 0 saturated carbocycles. The Balaban J connectivity index is 2.77. The maximum Gasteiger partial charge on any atom is 0.446 e. The van der Waals surface area contributed by atoms with E-state index in [1.54, 1.807) is 0 Å². The van der Waals surface area contributed by atoms with Crippen molar-refractivity contribution in [2.75, 3.05) is 6.61 Å². The highest BCUT2D eigenvalue weighted by Crippen LogP contribution is 2.36. The SMILES string of the molecule is [C-]#[N+]C(C)(COC(C)=O)CC(=O)c1ccc(SC(F)(F)F)cc1. The van der Waals surface area contributed by atoms with Crippen LogP contribution in [-0.4, -0.2) is 29.4 Å². The molecule has 0 amide bonds. The summed E-state index contributed by atoms with van der Waals surface area (Å²) in [5.74, 6) is -0.958. The van der Waals surface area contributed by atoms with Gasteiger partial charge in [-0.1, -0.05) is 12.1 Å². The second-order valence-corrected chi connectivity index (χ2v) is 6.20. The summed E-state index contributed by atoms with van der Waals surface area (Å²) in [5.41, 5.74) is -5.39. The van der Waals surface area contributed by atoms with Crippen molar-refractivity contribution < 1.29 is 27.5 Å². The van der Waals surface area contributed by atoms with Crippen molar-refractivity contribution in [3.05, 3.63) is 41.2 Å². The number of carbonyl (C=O) groups is 2. The van der Waals surface area contributed by atoms with Gasteiger partial charge in [-0.05, 0) is 23.9 Å². The molecule has 0 aliphatic heterocycles. The van der Waals surface area contributed by atoms with Crippen molar-refractivity contribution in [2.24, 2.45) is 0 Å². The van der Waals surface area contributed by atoms with Crippen LogP contribution in [0.1, 0.15) is 30.6 Å². The van der Waals surface area contributed by atoms with Crippen molar-refractivity contribution in [1.82, 2.24) is 0 Å². The summed E-state index contributed by atoms with van der Waals surface area (Å²) in [4.78, 5) is 26.3. The molecule has 1 atom stereocenters. The van der Waals surface area contributed by atoms with Gasteiger partial charge in [-0.3, -0.25) is 9.59 Å². The van der Waals surface area contributed by atoms with E-state index in [-0.39, 0.29) is 35.2 Å². The van der Waals surface area contributed by atoms with Crippen LogP contribution in [0.25, 0.3) is 4.85 Å². The summed E-state index contributed by atoms with van der Waals surface area (Å²) >= 11 is -0.267. The summed E-state index contributed by atoms with van der Waals surface area (Å²) < 4.78 is 41.5. The summed E-state index contributed by atoms with van der Waals surface area (Å²) in [6, 6.07) is 4.97. The minimum absolute atomic E-state index is 0.0260. The van der Waals surface area contributed by atoms with Crippen molar-refractivity contribution >= 4 is 23.5 Å². The van der Waals surface area contributed by atoms with Gasteiger partial charge in [-0.15, -0.1) is 0 Å². The molecule has 0 aromatic heterocycles. The molecule has 0 aliphatic carbocycles. The predicted octanol–water partition coefficient (Wildman–Crippen LogP) is 4.11. The molecule has 23 heavy (non-hydrogen) atoms. The summed E-state index contributed by atoms with van der Waals surface area (Å²) in [6.45, 7) is 9.60. The maximum atomic E-state index is 12.2. The fourth-order valence-electron chi connectivity index (χ4n) is 1.67. The van der Waals surface area contributed by atoms with Crippen LogP contribution in [0.2, 0.25) is 0 Å². The Morgan fingerprint density at radius 2 is 1.83 bits per heavy atom. The Morgan fingerprint density at radius 1 is 1.26 bits per heavy atom. The smallest absolute Gasteiger partial charge is 0.446 e. The molecule has 8 heteroatoms. The molecule has 4 nitrogen and oxygen atoms in total. The largest absolute Gasteiger partial charge is 0.457 e. The highest BCUT2D eigenvalue weighted by Gasteiger charge is 2.35. The van der Waals surface area contributed by atoms with Crippen molar-refractivity contribution in [1.29, 1.82) is 0 Å². The van der Waals surface area contributed by atoms with Crippen LogP contribution in [0, 0.1) is 6.57 Å². The number of nitrogens with zero attached hydrogens (tertiary/aromatic N) is 1. The Morgan fingerprint density at radius 3 is 2.26 bits per heavy atom. The third-order valence-electron chi connectivity index (χ3n) is 2.81. The Kier molecular flexibility index (Phi) is 6.21. The minimum Gasteiger partial charge on any atom is -0.457 e. The topological polar surface area (TPSA) is 47.7 Å². The number of thioether (sulfide) groups is 1. The third kappa shape index (κ3) is 6.74. The minimum atomic E-state index is -4.39.